The molecule has 4 nitrogen and oxygen atoms in total. The Bertz CT molecular complexity index is 391. The molecule has 0 bridgehead atoms. The van der Waals surface area contributed by atoms with Gasteiger partial charge in [-0.1, -0.05) is 24.3 Å². The van der Waals surface area contributed by atoms with Crippen LogP contribution in [0, 0.1) is 0 Å². The van der Waals surface area contributed by atoms with Crippen molar-refractivity contribution in [2.75, 3.05) is 13.2 Å². The van der Waals surface area contributed by atoms with Crippen LogP contribution in [0.25, 0.3) is 0 Å². The first-order valence-electron chi connectivity index (χ1n) is 6.78. The van der Waals surface area contributed by atoms with Crippen LogP contribution in [-0.4, -0.2) is 25.1 Å². The van der Waals surface area contributed by atoms with Crippen molar-refractivity contribution < 1.29 is 9.53 Å². The Morgan fingerprint density at radius 1 is 1.26 bits per heavy atom. The van der Waals surface area contributed by atoms with Crippen LogP contribution in [0.3, 0.4) is 0 Å². The molecule has 4 heteroatoms. The maximum atomic E-state index is 11.5. The maximum Gasteiger partial charge on any atom is 0.234 e. The molecule has 1 aromatic carbocycles. The van der Waals surface area contributed by atoms with E-state index in [2.05, 4.69) is 22.8 Å². The molecule has 0 radical (unpaired) electrons. The SMILES string of the molecule is CCOCc1ccccc1CNCC(=O)NC(C)C. The number of rotatable bonds is 8. The van der Waals surface area contributed by atoms with E-state index < -0.39 is 0 Å². The molecule has 0 saturated heterocycles. The highest BCUT2D eigenvalue weighted by Crippen LogP contribution is 2.09. The van der Waals surface area contributed by atoms with Gasteiger partial charge in [-0.2, -0.15) is 0 Å². The molecular weight excluding hydrogens is 240 g/mol. The summed E-state index contributed by atoms with van der Waals surface area (Å²) in [6.45, 7) is 8.22. The Balaban J connectivity index is 2.42. The summed E-state index contributed by atoms with van der Waals surface area (Å²) in [7, 11) is 0. The number of carbonyl (C=O) groups excluding carboxylic acids is 1. The van der Waals surface area contributed by atoms with Crippen LogP contribution in [0.1, 0.15) is 31.9 Å². The van der Waals surface area contributed by atoms with E-state index in [0.717, 1.165) is 0 Å². The lowest BCUT2D eigenvalue weighted by Crippen LogP contribution is -2.37. The molecule has 1 aromatic rings. The summed E-state index contributed by atoms with van der Waals surface area (Å²) in [5, 5.41) is 6.01. The lowest BCUT2D eigenvalue weighted by Gasteiger charge is -2.12. The van der Waals surface area contributed by atoms with Gasteiger partial charge in [-0.05, 0) is 31.9 Å². The van der Waals surface area contributed by atoms with Gasteiger partial charge in [-0.25, -0.2) is 0 Å². The minimum atomic E-state index is 0.0253. The zero-order valence-electron chi connectivity index (χ0n) is 12.0. The van der Waals surface area contributed by atoms with Gasteiger partial charge in [-0.15, -0.1) is 0 Å². The van der Waals surface area contributed by atoms with Gasteiger partial charge >= 0.3 is 0 Å². The zero-order chi connectivity index (χ0) is 14.1. The van der Waals surface area contributed by atoms with E-state index in [1.807, 2.05) is 32.9 Å². The molecule has 2 N–H and O–H groups in total. The molecule has 19 heavy (non-hydrogen) atoms. The molecule has 1 amide bonds. The summed E-state index contributed by atoms with van der Waals surface area (Å²) in [6.07, 6.45) is 0. The molecule has 0 fully saturated rings. The quantitative estimate of drug-likeness (QED) is 0.753. The van der Waals surface area contributed by atoms with Crippen molar-refractivity contribution in [2.24, 2.45) is 0 Å². The van der Waals surface area contributed by atoms with E-state index in [4.69, 9.17) is 4.74 Å². The van der Waals surface area contributed by atoms with Crippen molar-refractivity contribution in [3.05, 3.63) is 35.4 Å². The van der Waals surface area contributed by atoms with Crippen LogP contribution in [0.2, 0.25) is 0 Å². The number of hydrogen-bond donors (Lipinski definition) is 2. The van der Waals surface area contributed by atoms with Gasteiger partial charge in [0.1, 0.15) is 0 Å². The van der Waals surface area contributed by atoms with Gasteiger partial charge in [0.25, 0.3) is 0 Å². The highest BCUT2D eigenvalue weighted by molar-refractivity contribution is 5.78. The summed E-state index contributed by atoms with van der Waals surface area (Å²) in [5.74, 6) is 0.0253. The number of amides is 1. The second kappa shape index (κ2) is 8.67. The van der Waals surface area contributed by atoms with Crippen LogP contribution >= 0.6 is 0 Å². The normalized spacial score (nSPS) is 10.7. The fourth-order valence-corrected chi connectivity index (χ4v) is 1.77. The predicted molar refractivity (Wildman–Crippen MR) is 76.8 cm³/mol. The topological polar surface area (TPSA) is 50.4 Å². The molecule has 0 aliphatic rings. The Kier molecular flexibility index (Phi) is 7.15. The first-order chi connectivity index (χ1) is 9.13. The minimum absolute atomic E-state index is 0.0253. The van der Waals surface area contributed by atoms with Crippen LogP contribution in [-0.2, 0) is 22.7 Å². The van der Waals surface area contributed by atoms with Crippen molar-refractivity contribution in [1.29, 1.82) is 0 Å². The molecule has 0 heterocycles. The van der Waals surface area contributed by atoms with Crippen molar-refractivity contribution in [3.8, 4) is 0 Å². The average Bonchev–Trinajstić information content (AvgIpc) is 2.36. The Labute approximate surface area is 115 Å². The second-order valence-electron chi connectivity index (χ2n) is 4.73. The molecule has 0 saturated carbocycles. The molecule has 0 aliphatic carbocycles. The van der Waals surface area contributed by atoms with Crippen molar-refractivity contribution in [1.82, 2.24) is 10.6 Å². The van der Waals surface area contributed by atoms with Crippen molar-refractivity contribution in [3.63, 3.8) is 0 Å². The van der Waals surface area contributed by atoms with Crippen molar-refractivity contribution in [2.45, 2.75) is 40.0 Å². The Morgan fingerprint density at radius 2 is 1.95 bits per heavy atom. The number of hydrogen-bond acceptors (Lipinski definition) is 3. The van der Waals surface area contributed by atoms with E-state index in [0.29, 0.717) is 26.3 Å². The van der Waals surface area contributed by atoms with Gasteiger partial charge in [-0.3, -0.25) is 4.79 Å². The Hall–Kier alpha value is -1.39. The minimum Gasteiger partial charge on any atom is -0.377 e. The summed E-state index contributed by atoms with van der Waals surface area (Å²) < 4.78 is 5.43. The van der Waals surface area contributed by atoms with E-state index >= 15 is 0 Å². The molecule has 106 valence electrons. The third kappa shape index (κ3) is 6.36. The van der Waals surface area contributed by atoms with Crippen molar-refractivity contribution >= 4 is 5.91 Å². The van der Waals surface area contributed by atoms with Gasteiger partial charge < -0.3 is 15.4 Å². The molecule has 0 aromatic heterocycles. The average molecular weight is 264 g/mol. The number of ether oxygens (including phenoxy) is 1. The largest absolute Gasteiger partial charge is 0.377 e. The first kappa shape index (κ1) is 15.7. The fraction of sp³-hybridized carbons (Fsp3) is 0.533. The highest BCUT2D eigenvalue weighted by atomic mass is 16.5. The number of nitrogens with one attached hydrogen (secondary N) is 2. The second-order valence-corrected chi connectivity index (χ2v) is 4.73. The summed E-state index contributed by atoms with van der Waals surface area (Å²) >= 11 is 0. The maximum absolute atomic E-state index is 11.5. The van der Waals surface area contributed by atoms with Crippen LogP contribution < -0.4 is 10.6 Å². The standard InChI is InChI=1S/C15H24N2O2/c1-4-19-11-14-8-6-5-7-13(14)9-16-10-15(18)17-12(2)3/h5-8,12,16H,4,9-11H2,1-3H3,(H,17,18). The molecule has 0 aliphatic heterocycles. The van der Waals surface area contributed by atoms with E-state index in [1.165, 1.54) is 11.1 Å². The van der Waals surface area contributed by atoms with E-state index in [9.17, 15) is 4.79 Å². The molecule has 0 spiro atoms. The fourth-order valence-electron chi connectivity index (χ4n) is 1.77. The van der Waals surface area contributed by atoms with Crippen LogP contribution in [0.15, 0.2) is 24.3 Å². The van der Waals surface area contributed by atoms with Gasteiger partial charge in [0.2, 0.25) is 5.91 Å². The predicted octanol–water partition coefficient (Wildman–Crippen LogP) is 1.84. The monoisotopic (exact) mass is 264 g/mol. The van der Waals surface area contributed by atoms with E-state index in [1.54, 1.807) is 0 Å². The highest BCUT2D eigenvalue weighted by Gasteiger charge is 2.04. The summed E-state index contributed by atoms with van der Waals surface area (Å²) in [6, 6.07) is 8.30. The molecule has 1 rings (SSSR count). The van der Waals surface area contributed by atoms with Crippen LogP contribution in [0.5, 0.6) is 0 Å². The lowest BCUT2D eigenvalue weighted by atomic mass is 10.1. The van der Waals surface area contributed by atoms with E-state index in [-0.39, 0.29) is 11.9 Å². The third-order valence-electron chi connectivity index (χ3n) is 2.63. The van der Waals surface area contributed by atoms with Gasteiger partial charge in [0, 0.05) is 19.2 Å². The summed E-state index contributed by atoms with van der Waals surface area (Å²) in [4.78, 5) is 11.5. The van der Waals surface area contributed by atoms with Gasteiger partial charge in [0.05, 0.1) is 13.2 Å². The Morgan fingerprint density at radius 3 is 2.58 bits per heavy atom. The van der Waals surface area contributed by atoms with Crippen LogP contribution in [0.4, 0.5) is 0 Å². The van der Waals surface area contributed by atoms with Gasteiger partial charge in [0.15, 0.2) is 0 Å². The summed E-state index contributed by atoms with van der Waals surface area (Å²) in [5.41, 5.74) is 2.34. The number of carbonyl (C=O) groups is 1. The first-order valence-corrected chi connectivity index (χ1v) is 6.78. The molecule has 0 atom stereocenters. The lowest BCUT2D eigenvalue weighted by molar-refractivity contribution is -0.120. The molecular formula is C15H24N2O2. The zero-order valence-corrected chi connectivity index (χ0v) is 12.0. The molecule has 0 unspecified atom stereocenters. The third-order valence-corrected chi connectivity index (χ3v) is 2.63. The smallest absolute Gasteiger partial charge is 0.234 e. The number of benzene rings is 1.